The largest absolute Gasteiger partial charge is 0.375 e. The first-order valence-electron chi connectivity index (χ1n) is 12.8. The lowest BCUT2D eigenvalue weighted by Gasteiger charge is -2.28. The molecule has 196 valence electrons. The zero-order valence-corrected chi connectivity index (χ0v) is 21.9. The molecule has 7 nitrogen and oxygen atoms in total. The number of rotatable bonds is 9. The van der Waals surface area contributed by atoms with Crippen LogP contribution in [-0.4, -0.2) is 48.0 Å². The van der Waals surface area contributed by atoms with Crippen LogP contribution in [0.25, 0.3) is 0 Å². The molecule has 1 heterocycles. The number of halogens is 1. The number of benzene rings is 3. The van der Waals surface area contributed by atoms with Crippen molar-refractivity contribution in [2.75, 3.05) is 31.5 Å². The average Bonchev–Trinajstić information content (AvgIpc) is 2.94. The fourth-order valence-electron chi connectivity index (χ4n) is 4.68. The van der Waals surface area contributed by atoms with Gasteiger partial charge in [0.15, 0.2) is 5.60 Å². The average molecular weight is 531 g/mol. The third-order valence-electron chi connectivity index (χ3n) is 6.79. The molecule has 1 aliphatic heterocycles. The number of aliphatic hydroxyl groups is 1. The molecule has 3 aromatic carbocycles. The second kappa shape index (κ2) is 12.7. The van der Waals surface area contributed by atoms with Crippen LogP contribution in [0, 0.1) is 11.3 Å². The second-order valence-corrected chi connectivity index (χ2v) is 9.93. The van der Waals surface area contributed by atoms with Crippen LogP contribution < -0.4 is 10.6 Å². The monoisotopic (exact) mass is 530 g/mol. The highest BCUT2D eigenvalue weighted by atomic mass is 35.5. The molecule has 1 fully saturated rings. The van der Waals surface area contributed by atoms with E-state index in [0.29, 0.717) is 28.9 Å². The van der Waals surface area contributed by atoms with Crippen molar-refractivity contribution in [1.82, 2.24) is 10.2 Å². The van der Waals surface area contributed by atoms with Crippen molar-refractivity contribution in [3.8, 4) is 6.07 Å². The Kier molecular flexibility index (Phi) is 9.14. The molecule has 0 radical (unpaired) electrons. The molecule has 0 bridgehead atoms. The van der Waals surface area contributed by atoms with Crippen LogP contribution in [0.15, 0.2) is 72.8 Å². The second-order valence-electron chi connectivity index (χ2n) is 9.52. The predicted molar refractivity (Wildman–Crippen MR) is 148 cm³/mol. The molecule has 38 heavy (non-hydrogen) atoms. The van der Waals surface area contributed by atoms with Crippen molar-refractivity contribution >= 4 is 29.1 Å². The molecule has 0 aliphatic carbocycles. The molecule has 2 amide bonds. The molecule has 1 atom stereocenters. The van der Waals surface area contributed by atoms with Crippen molar-refractivity contribution in [3.63, 3.8) is 0 Å². The summed E-state index contributed by atoms with van der Waals surface area (Å²) in [6.45, 7) is 3.52. The van der Waals surface area contributed by atoms with Gasteiger partial charge in [-0.3, -0.25) is 9.59 Å². The normalized spacial score (nSPS) is 15.2. The third-order valence-corrected chi connectivity index (χ3v) is 7.10. The van der Waals surface area contributed by atoms with Crippen LogP contribution in [0.5, 0.6) is 0 Å². The van der Waals surface area contributed by atoms with Crippen LogP contribution in [0.3, 0.4) is 0 Å². The number of nitrogens with one attached hydrogen (secondary N) is 2. The topological polar surface area (TPSA) is 105 Å². The first-order valence-corrected chi connectivity index (χ1v) is 13.2. The highest BCUT2D eigenvalue weighted by molar-refractivity contribution is 6.32. The van der Waals surface area contributed by atoms with E-state index in [1.807, 2.05) is 6.07 Å². The fourth-order valence-corrected chi connectivity index (χ4v) is 4.90. The van der Waals surface area contributed by atoms with E-state index in [1.165, 1.54) is 31.4 Å². The maximum atomic E-state index is 13.5. The number of piperidine rings is 1. The number of likely N-dealkylation sites (tertiary alicyclic amines) is 1. The standard InChI is InChI=1S/C30H31ClN4O3/c31-27-19-26(13-12-24(27)21-32)34-29(37)30(38,25-10-3-1-4-11-25)20-22-8-7-9-23(18-22)28(36)33-14-17-35-15-5-2-6-16-35/h1,3-4,7-13,18-19,38H,2,5-6,14-17,20H2,(H,33,36)(H,34,37). The lowest BCUT2D eigenvalue weighted by Crippen LogP contribution is -2.42. The molecule has 8 heteroatoms. The van der Waals surface area contributed by atoms with Crippen LogP contribution in [0.4, 0.5) is 5.69 Å². The Labute approximate surface area is 228 Å². The van der Waals surface area contributed by atoms with E-state index in [1.54, 1.807) is 60.7 Å². The Bertz CT molecular complexity index is 1320. The summed E-state index contributed by atoms with van der Waals surface area (Å²) in [7, 11) is 0. The summed E-state index contributed by atoms with van der Waals surface area (Å²) in [5.41, 5.74) is 0.229. The van der Waals surface area contributed by atoms with Crippen molar-refractivity contribution in [2.45, 2.75) is 31.3 Å². The van der Waals surface area contributed by atoms with Gasteiger partial charge >= 0.3 is 0 Å². The van der Waals surface area contributed by atoms with E-state index in [2.05, 4.69) is 15.5 Å². The zero-order valence-electron chi connectivity index (χ0n) is 21.1. The summed E-state index contributed by atoms with van der Waals surface area (Å²) in [6, 6.07) is 22.1. The van der Waals surface area contributed by atoms with Gasteiger partial charge in [-0.25, -0.2) is 0 Å². The molecular formula is C30H31ClN4O3. The van der Waals surface area contributed by atoms with Gasteiger partial charge in [0.1, 0.15) is 6.07 Å². The number of nitriles is 1. The highest BCUT2D eigenvalue weighted by Gasteiger charge is 2.38. The first-order chi connectivity index (χ1) is 18.4. The van der Waals surface area contributed by atoms with Gasteiger partial charge in [-0.1, -0.05) is 60.5 Å². The molecule has 3 aromatic rings. The number of hydrogen-bond donors (Lipinski definition) is 3. The number of hydrogen-bond acceptors (Lipinski definition) is 5. The smallest absolute Gasteiger partial charge is 0.261 e. The Morgan fingerprint density at radius 2 is 1.76 bits per heavy atom. The molecule has 0 aromatic heterocycles. The number of nitrogens with zero attached hydrogens (tertiary/aromatic N) is 2. The quantitative estimate of drug-likeness (QED) is 0.378. The zero-order chi connectivity index (χ0) is 27.0. The van der Waals surface area contributed by atoms with E-state index < -0.39 is 11.5 Å². The van der Waals surface area contributed by atoms with Crippen LogP contribution in [0.2, 0.25) is 5.02 Å². The predicted octanol–water partition coefficient (Wildman–Crippen LogP) is 4.50. The van der Waals surface area contributed by atoms with Crippen LogP contribution in [-0.2, 0) is 16.8 Å². The molecular weight excluding hydrogens is 500 g/mol. The number of anilines is 1. The summed E-state index contributed by atoms with van der Waals surface area (Å²) in [5.74, 6) is -0.843. The van der Waals surface area contributed by atoms with Crippen molar-refractivity contribution in [1.29, 1.82) is 5.26 Å². The lowest BCUT2D eigenvalue weighted by molar-refractivity contribution is -0.135. The Hall–Kier alpha value is -3.70. The number of carbonyl (C=O) groups excluding carboxylic acids is 2. The summed E-state index contributed by atoms with van der Waals surface area (Å²) >= 11 is 6.12. The van der Waals surface area contributed by atoms with E-state index in [4.69, 9.17) is 16.9 Å². The van der Waals surface area contributed by atoms with E-state index in [0.717, 1.165) is 19.6 Å². The van der Waals surface area contributed by atoms with Gasteiger partial charge in [-0.05, 0) is 67.4 Å². The maximum Gasteiger partial charge on any atom is 0.261 e. The minimum absolute atomic E-state index is 0.0538. The van der Waals surface area contributed by atoms with Gasteiger partial charge in [0.25, 0.3) is 11.8 Å². The van der Waals surface area contributed by atoms with Gasteiger partial charge in [0.2, 0.25) is 0 Å². The first kappa shape index (κ1) is 27.3. The summed E-state index contributed by atoms with van der Waals surface area (Å²) in [4.78, 5) is 28.6. The Morgan fingerprint density at radius 3 is 2.47 bits per heavy atom. The molecule has 1 unspecified atom stereocenters. The van der Waals surface area contributed by atoms with Gasteiger partial charge in [-0.15, -0.1) is 0 Å². The molecule has 3 N–H and O–H groups in total. The van der Waals surface area contributed by atoms with Gasteiger partial charge in [-0.2, -0.15) is 5.26 Å². The third kappa shape index (κ3) is 6.78. The number of amides is 2. The molecule has 1 saturated heterocycles. The van der Waals surface area contributed by atoms with Crippen molar-refractivity contribution in [2.24, 2.45) is 0 Å². The SMILES string of the molecule is N#Cc1ccc(NC(=O)C(O)(Cc2cccc(C(=O)NCCN3CCCCC3)c2)c2ccccc2)cc1Cl. The van der Waals surface area contributed by atoms with Gasteiger partial charge in [0.05, 0.1) is 10.6 Å². The molecule has 4 rings (SSSR count). The van der Waals surface area contributed by atoms with Crippen molar-refractivity contribution in [3.05, 3.63) is 100 Å². The summed E-state index contributed by atoms with van der Waals surface area (Å²) < 4.78 is 0. The number of carbonyl (C=O) groups is 2. The highest BCUT2D eigenvalue weighted by Crippen LogP contribution is 2.29. The molecule has 0 saturated carbocycles. The van der Waals surface area contributed by atoms with E-state index >= 15 is 0 Å². The lowest BCUT2D eigenvalue weighted by atomic mass is 9.85. The molecule has 0 spiro atoms. The Morgan fingerprint density at radius 1 is 1.00 bits per heavy atom. The minimum Gasteiger partial charge on any atom is -0.375 e. The van der Waals surface area contributed by atoms with E-state index in [9.17, 15) is 14.7 Å². The summed E-state index contributed by atoms with van der Waals surface area (Å²) in [5, 5.41) is 26.8. The van der Waals surface area contributed by atoms with Crippen LogP contribution >= 0.6 is 11.6 Å². The Balaban J connectivity index is 1.50. The maximum absolute atomic E-state index is 13.5. The van der Waals surface area contributed by atoms with E-state index in [-0.39, 0.29) is 22.9 Å². The van der Waals surface area contributed by atoms with Crippen LogP contribution in [0.1, 0.15) is 46.3 Å². The van der Waals surface area contributed by atoms with Gasteiger partial charge in [0, 0.05) is 30.8 Å². The van der Waals surface area contributed by atoms with Gasteiger partial charge < -0.3 is 20.6 Å². The minimum atomic E-state index is -1.93. The van der Waals surface area contributed by atoms with Crippen molar-refractivity contribution < 1.29 is 14.7 Å². The molecule has 1 aliphatic rings. The fraction of sp³-hybridized carbons (Fsp3) is 0.300. The summed E-state index contributed by atoms with van der Waals surface area (Å²) in [6.07, 6.45) is 3.62.